The molecule has 0 radical (unpaired) electrons. The molecule has 0 aliphatic heterocycles. The van der Waals surface area contributed by atoms with Crippen LogP contribution in [0.15, 0.2) is 71.5 Å². The molecule has 0 atom stereocenters. The Balaban J connectivity index is 1.54. The molecule has 1 heterocycles. The van der Waals surface area contributed by atoms with Crippen LogP contribution < -0.4 is 10.6 Å². The van der Waals surface area contributed by atoms with Crippen molar-refractivity contribution in [3.63, 3.8) is 0 Å². The number of carbonyl (C=O) groups is 2. The van der Waals surface area contributed by atoms with Crippen LogP contribution in [0.4, 0.5) is 5.69 Å². The summed E-state index contributed by atoms with van der Waals surface area (Å²) < 4.78 is 5.06. The predicted molar refractivity (Wildman–Crippen MR) is 95.8 cm³/mol. The number of furan rings is 1. The van der Waals surface area contributed by atoms with E-state index in [1.54, 1.807) is 24.7 Å². The van der Waals surface area contributed by atoms with E-state index >= 15 is 0 Å². The average molecular weight is 334 g/mol. The molecule has 1 aromatic heterocycles. The summed E-state index contributed by atoms with van der Waals surface area (Å²) >= 11 is 0. The molecule has 25 heavy (non-hydrogen) atoms. The molecule has 126 valence electrons. The zero-order valence-corrected chi connectivity index (χ0v) is 13.8. The highest BCUT2D eigenvalue weighted by molar-refractivity contribution is 6.39. The molecule has 0 aliphatic carbocycles. The van der Waals surface area contributed by atoms with E-state index in [-0.39, 0.29) is 6.54 Å². The Morgan fingerprint density at radius 2 is 1.76 bits per heavy atom. The first kappa shape index (κ1) is 16.5. The standard InChI is InChI=1S/C20H18N2O3/c1-14-3-2-4-18(11-14)22-20(24)19(23)21-12-15-5-7-16(8-6-15)17-9-10-25-13-17/h2-11,13H,12H2,1H3,(H,21,23)(H,22,24). The number of benzene rings is 2. The summed E-state index contributed by atoms with van der Waals surface area (Å²) in [7, 11) is 0. The second-order valence-corrected chi connectivity index (χ2v) is 5.72. The van der Waals surface area contributed by atoms with Crippen LogP contribution in [-0.2, 0) is 16.1 Å². The van der Waals surface area contributed by atoms with Crippen molar-refractivity contribution in [2.75, 3.05) is 5.32 Å². The number of hydrogen-bond donors (Lipinski definition) is 2. The number of nitrogens with one attached hydrogen (secondary N) is 2. The number of anilines is 1. The molecule has 3 rings (SSSR count). The van der Waals surface area contributed by atoms with Crippen LogP contribution in [0, 0.1) is 6.92 Å². The summed E-state index contributed by atoms with van der Waals surface area (Å²) in [6.07, 6.45) is 3.29. The molecule has 0 saturated heterocycles. The summed E-state index contributed by atoms with van der Waals surface area (Å²) in [5, 5.41) is 5.20. The van der Waals surface area contributed by atoms with Crippen LogP contribution >= 0.6 is 0 Å². The molecule has 3 aromatic rings. The Kier molecular flexibility index (Phi) is 4.95. The number of carbonyl (C=O) groups excluding carboxylic acids is 2. The van der Waals surface area contributed by atoms with Crippen molar-refractivity contribution in [1.82, 2.24) is 5.32 Å². The second-order valence-electron chi connectivity index (χ2n) is 5.72. The maximum atomic E-state index is 11.9. The van der Waals surface area contributed by atoms with E-state index in [2.05, 4.69) is 10.6 Å². The fourth-order valence-electron chi connectivity index (χ4n) is 2.42. The topological polar surface area (TPSA) is 71.3 Å². The molecule has 0 spiro atoms. The van der Waals surface area contributed by atoms with Gasteiger partial charge in [0.25, 0.3) is 0 Å². The fourth-order valence-corrected chi connectivity index (χ4v) is 2.42. The molecule has 5 heteroatoms. The lowest BCUT2D eigenvalue weighted by Gasteiger charge is -2.07. The maximum Gasteiger partial charge on any atom is 0.313 e. The summed E-state index contributed by atoms with van der Waals surface area (Å²) in [6, 6.07) is 16.9. The third-order valence-electron chi connectivity index (χ3n) is 3.74. The third kappa shape index (κ3) is 4.35. The lowest BCUT2D eigenvalue weighted by atomic mass is 10.1. The first-order valence-corrected chi connectivity index (χ1v) is 7.89. The van der Waals surface area contributed by atoms with E-state index in [4.69, 9.17) is 4.42 Å². The van der Waals surface area contributed by atoms with E-state index in [1.807, 2.05) is 49.4 Å². The van der Waals surface area contributed by atoms with Gasteiger partial charge in [0.2, 0.25) is 0 Å². The SMILES string of the molecule is Cc1cccc(NC(=O)C(=O)NCc2ccc(-c3ccoc3)cc2)c1. The monoisotopic (exact) mass is 334 g/mol. The van der Waals surface area contributed by atoms with Gasteiger partial charge >= 0.3 is 11.8 Å². The van der Waals surface area contributed by atoms with Crippen molar-refractivity contribution in [1.29, 1.82) is 0 Å². The Bertz CT molecular complexity index is 868. The van der Waals surface area contributed by atoms with Gasteiger partial charge in [-0.1, -0.05) is 36.4 Å². The van der Waals surface area contributed by atoms with E-state index in [1.165, 1.54) is 0 Å². The Labute approximate surface area is 145 Å². The smallest absolute Gasteiger partial charge is 0.313 e. The summed E-state index contributed by atoms with van der Waals surface area (Å²) in [5.41, 5.74) is 4.54. The summed E-state index contributed by atoms with van der Waals surface area (Å²) in [5.74, 6) is -1.35. The average Bonchev–Trinajstić information content (AvgIpc) is 3.14. The fraction of sp³-hybridized carbons (Fsp3) is 0.100. The number of rotatable bonds is 4. The van der Waals surface area contributed by atoms with Crippen molar-refractivity contribution < 1.29 is 14.0 Å². The summed E-state index contributed by atoms with van der Waals surface area (Å²) in [6.45, 7) is 2.20. The Morgan fingerprint density at radius 3 is 2.44 bits per heavy atom. The molecule has 5 nitrogen and oxygen atoms in total. The molecule has 2 aromatic carbocycles. The lowest BCUT2D eigenvalue weighted by Crippen LogP contribution is -2.34. The molecule has 0 bridgehead atoms. The van der Waals surface area contributed by atoms with Gasteiger partial charge in [0, 0.05) is 17.8 Å². The Hall–Kier alpha value is -3.34. The van der Waals surface area contributed by atoms with Gasteiger partial charge in [-0.2, -0.15) is 0 Å². The Morgan fingerprint density at radius 1 is 0.960 bits per heavy atom. The minimum absolute atomic E-state index is 0.283. The molecular formula is C20H18N2O3. The molecule has 2 amide bonds. The van der Waals surface area contributed by atoms with Gasteiger partial charge < -0.3 is 15.1 Å². The minimum atomic E-state index is -0.680. The third-order valence-corrected chi connectivity index (χ3v) is 3.74. The highest BCUT2D eigenvalue weighted by Crippen LogP contribution is 2.19. The maximum absolute atomic E-state index is 11.9. The van der Waals surface area contributed by atoms with Crippen LogP contribution in [0.2, 0.25) is 0 Å². The van der Waals surface area contributed by atoms with E-state index < -0.39 is 11.8 Å². The first-order valence-electron chi connectivity index (χ1n) is 7.89. The van der Waals surface area contributed by atoms with Crippen molar-refractivity contribution in [2.24, 2.45) is 0 Å². The van der Waals surface area contributed by atoms with Crippen LogP contribution in [0.1, 0.15) is 11.1 Å². The molecule has 2 N–H and O–H groups in total. The minimum Gasteiger partial charge on any atom is -0.472 e. The molecule has 0 unspecified atom stereocenters. The van der Waals surface area contributed by atoms with Crippen LogP contribution in [0.25, 0.3) is 11.1 Å². The zero-order valence-electron chi connectivity index (χ0n) is 13.8. The number of amides is 2. The zero-order chi connectivity index (χ0) is 17.6. The van der Waals surface area contributed by atoms with Crippen molar-refractivity contribution in [3.05, 3.63) is 78.3 Å². The lowest BCUT2D eigenvalue weighted by molar-refractivity contribution is -0.136. The van der Waals surface area contributed by atoms with Crippen LogP contribution in [0.5, 0.6) is 0 Å². The largest absolute Gasteiger partial charge is 0.472 e. The van der Waals surface area contributed by atoms with Gasteiger partial charge in [-0.15, -0.1) is 0 Å². The van der Waals surface area contributed by atoms with Gasteiger partial charge in [0.15, 0.2) is 0 Å². The van der Waals surface area contributed by atoms with Crippen LogP contribution in [0.3, 0.4) is 0 Å². The highest BCUT2D eigenvalue weighted by Gasteiger charge is 2.13. The molecule has 0 saturated carbocycles. The normalized spacial score (nSPS) is 10.3. The van der Waals surface area contributed by atoms with E-state index in [0.717, 1.165) is 22.3 Å². The van der Waals surface area contributed by atoms with Gasteiger partial charge in [0.1, 0.15) is 0 Å². The quantitative estimate of drug-likeness (QED) is 0.717. The van der Waals surface area contributed by atoms with Gasteiger partial charge in [0.05, 0.1) is 12.5 Å². The summed E-state index contributed by atoms with van der Waals surface area (Å²) in [4.78, 5) is 23.8. The number of aryl methyl sites for hydroxylation is 1. The number of hydrogen-bond acceptors (Lipinski definition) is 3. The first-order chi connectivity index (χ1) is 12.1. The molecule has 0 fully saturated rings. The molecular weight excluding hydrogens is 316 g/mol. The van der Waals surface area contributed by atoms with E-state index in [9.17, 15) is 9.59 Å². The van der Waals surface area contributed by atoms with Crippen LogP contribution in [-0.4, -0.2) is 11.8 Å². The van der Waals surface area contributed by atoms with Crippen molar-refractivity contribution in [3.8, 4) is 11.1 Å². The van der Waals surface area contributed by atoms with Crippen molar-refractivity contribution in [2.45, 2.75) is 13.5 Å². The van der Waals surface area contributed by atoms with E-state index in [0.29, 0.717) is 5.69 Å². The highest BCUT2D eigenvalue weighted by atomic mass is 16.3. The molecule has 0 aliphatic rings. The van der Waals surface area contributed by atoms with Gasteiger partial charge in [-0.3, -0.25) is 9.59 Å². The predicted octanol–water partition coefficient (Wildman–Crippen LogP) is 3.51. The van der Waals surface area contributed by atoms with Gasteiger partial charge in [-0.05, 0) is 41.8 Å². The van der Waals surface area contributed by atoms with Crippen molar-refractivity contribution >= 4 is 17.5 Å². The van der Waals surface area contributed by atoms with Gasteiger partial charge in [-0.25, -0.2) is 0 Å². The second kappa shape index (κ2) is 7.49.